The van der Waals surface area contributed by atoms with Gasteiger partial charge >= 0.3 is 5.97 Å². The summed E-state index contributed by atoms with van der Waals surface area (Å²) < 4.78 is 0. The molecule has 1 aromatic carbocycles. The van der Waals surface area contributed by atoms with Crippen molar-refractivity contribution in [3.63, 3.8) is 0 Å². The monoisotopic (exact) mass is 314 g/mol. The second-order valence-corrected chi connectivity index (χ2v) is 4.62. The number of hydrogen-bond donors (Lipinski definition) is 3. The summed E-state index contributed by atoms with van der Waals surface area (Å²) in [5.74, 6) is -1.15. The maximum Gasteiger partial charge on any atom is 0.320 e. The molecule has 1 aromatic rings. The lowest BCUT2D eigenvalue weighted by atomic mass is 10.1. The summed E-state index contributed by atoms with van der Waals surface area (Å²) in [6.45, 7) is 3.93. The summed E-state index contributed by atoms with van der Waals surface area (Å²) in [6, 6.07) is 6.91. The predicted molar refractivity (Wildman–Crippen MR) is 86.0 cm³/mol. The lowest BCUT2D eigenvalue weighted by Gasteiger charge is -2.14. The van der Waals surface area contributed by atoms with Gasteiger partial charge in [-0.25, -0.2) is 0 Å². The zero-order valence-corrected chi connectivity index (χ0v) is 13.2. The average molecular weight is 315 g/mol. The molecule has 0 heterocycles. The highest BCUT2D eigenvalue weighted by Gasteiger charge is 2.16. The van der Waals surface area contributed by atoms with E-state index in [2.05, 4.69) is 10.6 Å². The van der Waals surface area contributed by atoms with Gasteiger partial charge in [0.25, 0.3) is 0 Å². The molecule has 1 atom stereocenters. The first kappa shape index (κ1) is 19.4. The van der Waals surface area contributed by atoms with Crippen LogP contribution in [-0.4, -0.2) is 29.6 Å². The van der Waals surface area contributed by atoms with Crippen LogP contribution in [0.4, 0.5) is 5.69 Å². The highest BCUT2D eigenvalue weighted by molar-refractivity contribution is 5.93. The minimum Gasteiger partial charge on any atom is -0.480 e. The van der Waals surface area contributed by atoms with E-state index < -0.39 is 12.0 Å². The van der Waals surface area contributed by atoms with Gasteiger partial charge in [0.1, 0.15) is 6.04 Å². The lowest BCUT2D eigenvalue weighted by molar-refractivity contribution is -0.139. The minimum absolute atomic E-state index is 0. The van der Waals surface area contributed by atoms with Crippen LogP contribution in [0.3, 0.4) is 0 Å². The van der Waals surface area contributed by atoms with Gasteiger partial charge in [-0.15, -0.1) is 12.4 Å². The number of carboxylic acid groups (broad SMARTS) is 1. The molecule has 5 nitrogen and oxygen atoms in total. The quantitative estimate of drug-likeness (QED) is 0.688. The minimum atomic E-state index is -0.923. The van der Waals surface area contributed by atoms with Crippen molar-refractivity contribution in [3.05, 3.63) is 29.8 Å². The number of halogens is 1. The molecule has 3 N–H and O–H groups in total. The van der Waals surface area contributed by atoms with Gasteiger partial charge in [-0.2, -0.15) is 0 Å². The molecule has 0 spiro atoms. The van der Waals surface area contributed by atoms with Crippen LogP contribution >= 0.6 is 12.4 Å². The predicted octanol–water partition coefficient (Wildman–Crippen LogP) is 2.45. The Bertz CT molecular complexity index is 466. The molecule has 0 aromatic heterocycles. The van der Waals surface area contributed by atoms with E-state index in [-0.39, 0.29) is 24.9 Å². The molecule has 1 amide bonds. The molecule has 0 aliphatic carbocycles. The van der Waals surface area contributed by atoms with Crippen molar-refractivity contribution < 1.29 is 14.7 Å². The number of benzene rings is 1. The van der Waals surface area contributed by atoms with E-state index in [0.29, 0.717) is 6.42 Å². The highest BCUT2D eigenvalue weighted by Crippen LogP contribution is 2.14. The molecule has 21 heavy (non-hydrogen) atoms. The Morgan fingerprint density at radius 1 is 1.24 bits per heavy atom. The standard InChI is InChI=1S/C15H22N2O3.ClH/c1-3-7-13(15(19)20)16-10-14(18)17-12-9-6-5-8-11(12)4-2;/h5-6,8-9,13,16H,3-4,7,10H2,1-2H3,(H,17,18)(H,19,20);1H. The van der Waals surface area contributed by atoms with Gasteiger partial charge in [-0.3, -0.25) is 14.9 Å². The van der Waals surface area contributed by atoms with E-state index in [4.69, 9.17) is 5.11 Å². The average Bonchev–Trinajstić information content (AvgIpc) is 2.43. The molecule has 0 fully saturated rings. The molecular formula is C15H23ClN2O3. The molecule has 1 unspecified atom stereocenters. The summed E-state index contributed by atoms with van der Waals surface area (Å²) in [6.07, 6.45) is 2.09. The number of rotatable bonds is 8. The summed E-state index contributed by atoms with van der Waals surface area (Å²) in [7, 11) is 0. The molecule has 0 saturated heterocycles. The molecule has 0 aliphatic rings. The third-order valence-corrected chi connectivity index (χ3v) is 3.06. The Kier molecular flexibility index (Phi) is 9.41. The number of hydrogen-bond acceptors (Lipinski definition) is 3. The van der Waals surface area contributed by atoms with Crippen LogP contribution in [0.2, 0.25) is 0 Å². The van der Waals surface area contributed by atoms with Crippen LogP contribution < -0.4 is 10.6 Å². The fourth-order valence-corrected chi connectivity index (χ4v) is 1.96. The van der Waals surface area contributed by atoms with Gasteiger partial charge in [0.2, 0.25) is 5.91 Å². The van der Waals surface area contributed by atoms with Gasteiger partial charge in [-0.05, 0) is 24.5 Å². The highest BCUT2D eigenvalue weighted by atomic mass is 35.5. The zero-order chi connectivity index (χ0) is 15.0. The first-order valence-corrected chi connectivity index (χ1v) is 6.92. The Balaban J connectivity index is 0.00000400. The maximum absolute atomic E-state index is 11.8. The first-order valence-electron chi connectivity index (χ1n) is 6.92. The van der Waals surface area contributed by atoms with Gasteiger partial charge in [0.05, 0.1) is 6.54 Å². The number of aliphatic carboxylic acids is 1. The summed E-state index contributed by atoms with van der Waals surface area (Å²) in [4.78, 5) is 22.8. The molecular weight excluding hydrogens is 292 g/mol. The Hall–Kier alpha value is -1.59. The van der Waals surface area contributed by atoms with E-state index >= 15 is 0 Å². The summed E-state index contributed by atoms with van der Waals surface area (Å²) >= 11 is 0. The Morgan fingerprint density at radius 2 is 1.90 bits per heavy atom. The van der Waals surface area contributed by atoms with E-state index in [1.807, 2.05) is 38.1 Å². The van der Waals surface area contributed by atoms with E-state index in [0.717, 1.165) is 24.1 Å². The molecule has 1 rings (SSSR count). The normalized spacial score (nSPS) is 11.3. The van der Waals surface area contributed by atoms with Crippen molar-refractivity contribution in [2.45, 2.75) is 39.2 Å². The number of nitrogens with one attached hydrogen (secondary N) is 2. The van der Waals surface area contributed by atoms with E-state index in [1.165, 1.54) is 0 Å². The number of amides is 1. The topological polar surface area (TPSA) is 78.4 Å². The van der Waals surface area contributed by atoms with Crippen LogP contribution in [-0.2, 0) is 16.0 Å². The van der Waals surface area contributed by atoms with Crippen LogP contribution in [0.25, 0.3) is 0 Å². The second-order valence-electron chi connectivity index (χ2n) is 4.62. The summed E-state index contributed by atoms with van der Waals surface area (Å²) in [5, 5.41) is 14.6. The molecule has 118 valence electrons. The Labute approximate surface area is 131 Å². The first-order chi connectivity index (χ1) is 9.58. The number of carbonyl (C=O) groups excluding carboxylic acids is 1. The molecule has 6 heteroatoms. The van der Waals surface area contributed by atoms with Crippen LogP contribution in [0.5, 0.6) is 0 Å². The van der Waals surface area contributed by atoms with Crippen molar-refractivity contribution in [2.75, 3.05) is 11.9 Å². The largest absolute Gasteiger partial charge is 0.480 e. The van der Waals surface area contributed by atoms with Crippen molar-refractivity contribution >= 4 is 30.0 Å². The zero-order valence-electron chi connectivity index (χ0n) is 12.4. The Morgan fingerprint density at radius 3 is 2.48 bits per heavy atom. The maximum atomic E-state index is 11.8. The fraction of sp³-hybridized carbons (Fsp3) is 0.467. The van der Waals surface area contributed by atoms with Crippen molar-refractivity contribution in [3.8, 4) is 0 Å². The van der Waals surface area contributed by atoms with Gasteiger partial charge < -0.3 is 10.4 Å². The number of carbonyl (C=O) groups is 2. The number of anilines is 1. The number of carboxylic acids is 1. The number of para-hydroxylation sites is 1. The SMILES string of the molecule is CCCC(NCC(=O)Nc1ccccc1CC)C(=O)O.Cl. The van der Waals surface area contributed by atoms with Crippen molar-refractivity contribution in [1.82, 2.24) is 5.32 Å². The van der Waals surface area contributed by atoms with Gasteiger partial charge in [0.15, 0.2) is 0 Å². The van der Waals surface area contributed by atoms with E-state index in [1.54, 1.807) is 0 Å². The fourth-order valence-electron chi connectivity index (χ4n) is 1.96. The molecule has 0 aliphatic heterocycles. The molecule has 0 bridgehead atoms. The van der Waals surface area contributed by atoms with Gasteiger partial charge in [0, 0.05) is 5.69 Å². The lowest BCUT2D eigenvalue weighted by Crippen LogP contribution is -2.41. The second kappa shape index (κ2) is 10.2. The smallest absolute Gasteiger partial charge is 0.320 e. The van der Waals surface area contributed by atoms with Crippen LogP contribution in [0.1, 0.15) is 32.3 Å². The third kappa shape index (κ3) is 6.60. The van der Waals surface area contributed by atoms with Crippen molar-refractivity contribution in [2.24, 2.45) is 0 Å². The van der Waals surface area contributed by atoms with E-state index in [9.17, 15) is 9.59 Å². The summed E-state index contributed by atoms with van der Waals surface area (Å²) in [5.41, 5.74) is 1.84. The number of aryl methyl sites for hydroxylation is 1. The van der Waals surface area contributed by atoms with Crippen molar-refractivity contribution in [1.29, 1.82) is 0 Å². The third-order valence-electron chi connectivity index (χ3n) is 3.06. The van der Waals surface area contributed by atoms with Crippen LogP contribution in [0.15, 0.2) is 24.3 Å². The molecule has 0 radical (unpaired) electrons. The molecule has 0 saturated carbocycles. The van der Waals surface area contributed by atoms with Gasteiger partial charge in [-0.1, -0.05) is 38.5 Å². The van der Waals surface area contributed by atoms with Crippen LogP contribution in [0, 0.1) is 0 Å².